The van der Waals surface area contributed by atoms with Crippen LogP contribution < -0.4 is 0 Å². The minimum absolute atomic E-state index is 0.0192. The maximum atomic E-state index is 12.3. The van der Waals surface area contributed by atoms with Gasteiger partial charge < -0.3 is 14.2 Å². The first kappa shape index (κ1) is 13.1. The van der Waals surface area contributed by atoms with Crippen LogP contribution in [0.2, 0.25) is 0 Å². The van der Waals surface area contributed by atoms with Crippen molar-refractivity contribution in [2.24, 2.45) is 23.7 Å². The predicted octanol–water partition coefficient (Wildman–Crippen LogP) is 2.16. The van der Waals surface area contributed by atoms with Crippen LogP contribution in [0.4, 0.5) is 0 Å². The van der Waals surface area contributed by atoms with E-state index in [0.29, 0.717) is 11.8 Å². The van der Waals surface area contributed by atoms with E-state index in [1.807, 2.05) is 13.8 Å². The van der Waals surface area contributed by atoms with Gasteiger partial charge in [-0.05, 0) is 26.7 Å². The molecular weight excluding hydrogens is 256 g/mol. The number of esters is 1. The van der Waals surface area contributed by atoms with Crippen molar-refractivity contribution in [3.05, 3.63) is 0 Å². The Morgan fingerprint density at radius 3 is 2.20 bits per heavy atom. The summed E-state index contributed by atoms with van der Waals surface area (Å²) in [6.07, 6.45) is 2.71. The van der Waals surface area contributed by atoms with Crippen LogP contribution in [0.1, 0.15) is 40.5 Å². The van der Waals surface area contributed by atoms with Crippen molar-refractivity contribution in [2.75, 3.05) is 0 Å². The maximum absolute atomic E-state index is 12.3. The predicted molar refractivity (Wildman–Crippen MR) is 72.0 cm³/mol. The van der Waals surface area contributed by atoms with Crippen LogP contribution in [-0.4, -0.2) is 36.0 Å². The lowest BCUT2D eigenvalue weighted by Crippen LogP contribution is -2.47. The lowest BCUT2D eigenvalue weighted by molar-refractivity contribution is -0.154. The third kappa shape index (κ3) is 1.37. The molecule has 8 unspecified atom stereocenters. The molecule has 0 aromatic carbocycles. The topological polar surface area (TPSA) is 44.8 Å². The standard InChI is InChI=1S/C16H24O4/c1-5-7-9-10(8(6-2)18-7)14-12-11(13(9)19-14)15(17)20-16(12,3)4/h7-14H,5-6H2,1-4H3. The fourth-order valence-electron chi connectivity index (χ4n) is 5.42. The molecular formula is C16H24O4. The molecule has 20 heavy (non-hydrogen) atoms. The Morgan fingerprint density at radius 2 is 1.60 bits per heavy atom. The summed E-state index contributed by atoms with van der Waals surface area (Å²) in [6.45, 7) is 8.41. The fourth-order valence-corrected chi connectivity index (χ4v) is 5.42. The van der Waals surface area contributed by atoms with Crippen LogP contribution in [0.25, 0.3) is 0 Å². The normalized spacial score (nSPS) is 54.9. The van der Waals surface area contributed by atoms with Crippen molar-refractivity contribution < 1.29 is 19.0 Å². The molecule has 4 heterocycles. The number of carbonyl (C=O) groups is 1. The summed E-state index contributed by atoms with van der Waals surface area (Å²) in [6, 6.07) is 0. The molecule has 112 valence electrons. The van der Waals surface area contributed by atoms with Gasteiger partial charge in [-0.15, -0.1) is 0 Å². The molecule has 0 aromatic heterocycles. The smallest absolute Gasteiger partial charge is 0.312 e. The summed E-state index contributed by atoms with van der Waals surface area (Å²) in [5, 5.41) is 0. The van der Waals surface area contributed by atoms with Crippen LogP contribution in [-0.2, 0) is 19.0 Å². The second-order valence-corrected chi connectivity index (χ2v) is 7.33. The van der Waals surface area contributed by atoms with E-state index in [2.05, 4.69) is 13.8 Å². The van der Waals surface area contributed by atoms with E-state index < -0.39 is 5.60 Å². The number of hydrogen-bond acceptors (Lipinski definition) is 4. The molecule has 0 aliphatic carbocycles. The summed E-state index contributed by atoms with van der Waals surface area (Å²) >= 11 is 0. The summed E-state index contributed by atoms with van der Waals surface area (Å²) in [5.41, 5.74) is -0.394. The highest BCUT2D eigenvalue weighted by molar-refractivity contribution is 5.78. The van der Waals surface area contributed by atoms with Gasteiger partial charge in [-0.1, -0.05) is 13.8 Å². The molecule has 0 N–H and O–H groups in total. The van der Waals surface area contributed by atoms with E-state index in [-0.39, 0.29) is 42.2 Å². The summed E-state index contributed by atoms with van der Waals surface area (Å²) in [4.78, 5) is 12.3. The number of cyclic esters (lactones) is 1. The Kier molecular flexibility index (Phi) is 2.60. The zero-order valence-electron chi connectivity index (χ0n) is 12.7. The van der Waals surface area contributed by atoms with Crippen LogP contribution in [0.15, 0.2) is 0 Å². The van der Waals surface area contributed by atoms with E-state index >= 15 is 0 Å². The second-order valence-electron chi connectivity index (χ2n) is 7.33. The van der Waals surface area contributed by atoms with Gasteiger partial charge in [0.2, 0.25) is 0 Å². The molecule has 4 aliphatic heterocycles. The first-order valence-electron chi connectivity index (χ1n) is 8.03. The molecule has 4 nitrogen and oxygen atoms in total. The minimum atomic E-state index is -0.394. The van der Waals surface area contributed by atoms with Crippen LogP contribution in [0, 0.1) is 23.7 Å². The number of fused-ring (bicyclic) bond motifs is 8. The first-order valence-corrected chi connectivity index (χ1v) is 8.03. The molecule has 8 atom stereocenters. The first-order chi connectivity index (χ1) is 9.49. The third-order valence-electron chi connectivity index (χ3n) is 6.06. The summed E-state index contributed by atoms with van der Waals surface area (Å²) in [5.74, 6) is 0.919. The fraction of sp³-hybridized carbons (Fsp3) is 0.938. The van der Waals surface area contributed by atoms with Crippen molar-refractivity contribution in [3.63, 3.8) is 0 Å². The molecule has 4 heteroatoms. The quantitative estimate of drug-likeness (QED) is 0.727. The summed E-state index contributed by atoms with van der Waals surface area (Å²) in [7, 11) is 0. The van der Waals surface area contributed by atoms with E-state index in [1.54, 1.807) is 0 Å². The van der Waals surface area contributed by atoms with Gasteiger partial charge >= 0.3 is 5.97 Å². The number of rotatable bonds is 2. The average Bonchev–Trinajstić information content (AvgIpc) is 3.08. The van der Waals surface area contributed by atoms with Gasteiger partial charge in [-0.2, -0.15) is 0 Å². The van der Waals surface area contributed by atoms with E-state index in [0.717, 1.165) is 12.8 Å². The highest BCUT2D eigenvalue weighted by Crippen LogP contribution is 2.62. The molecule has 4 fully saturated rings. The molecule has 0 saturated carbocycles. The number of ether oxygens (including phenoxy) is 3. The minimum Gasteiger partial charge on any atom is -0.459 e. The summed E-state index contributed by atoms with van der Waals surface area (Å²) < 4.78 is 18.2. The highest BCUT2D eigenvalue weighted by Gasteiger charge is 2.73. The third-order valence-corrected chi connectivity index (χ3v) is 6.06. The molecule has 0 radical (unpaired) electrons. The maximum Gasteiger partial charge on any atom is 0.312 e. The molecule has 4 saturated heterocycles. The lowest BCUT2D eigenvalue weighted by atomic mass is 9.63. The Labute approximate surface area is 120 Å². The van der Waals surface area contributed by atoms with Gasteiger partial charge in [0.25, 0.3) is 0 Å². The molecule has 2 bridgehead atoms. The Bertz CT molecular complexity index is 446. The molecule has 4 aliphatic rings. The second kappa shape index (κ2) is 3.98. The van der Waals surface area contributed by atoms with Crippen molar-refractivity contribution in [2.45, 2.75) is 70.6 Å². The monoisotopic (exact) mass is 280 g/mol. The average molecular weight is 280 g/mol. The Hall–Kier alpha value is -0.610. The van der Waals surface area contributed by atoms with Crippen LogP contribution in [0.5, 0.6) is 0 Å². The van der Waals surface area contributed by atoms with Gasteiger partial charge in [-0.3, -0.25) is 4.79 Å². The highest BCUT2D eigenvalue weighted by atomic mass is 16.6. The number of hydrogen-bond donors (Lipinski definition) is 0. The Morgan fingerprint density at radius 1 is 1.00 bits per heavy atom. The van der Waals surface area contributed by atoms with Crippen LogP contribution >= 0.6 is 0 Å². The van der Waals surface area contributed by atoms with Gasteiger partial charge in [0, 0.05) is 17.8 Å². The lowest BCUT2D eigenvalue weighted by Gasteiger charge is -2.35. The molecule has 0 aromatic rings. The van der Waals surface area contributed by atoms with Gasteiger partial charge in [0.05, 0.1) is 30.3 Å². The largest absolute Gasteiger partial charge is 0.459 e. The van der Waals surface area contributed by atoms with Crippen molar-refractivity contribution in [3.8, 4) is 0 Å². The van der Waals surface area contributed by atoms with E-state index in [4.69, 9.17) is 14.2 Å². The van der Waals surface area contributed by atoms with Crippen molar-refractivity contribution in [1.29, 1.82) is 0 Å². The van der Waals surface area contributed by atoms with Crippen molar-refractivity contribution >= 4 is 5.97 Å². The van der Waals surface area contributed by atoms with Crippen molar-refractivity contribution in [1.82, 2.24) is 0 Å². The zero-order chi connectivity index (χ0) is 14.2. The zero-order valence-corrected chi connectivity index (χ0v) is 12.7. The van der Waals surface area contributed by atoms with E-state index in [1.165, 1.54) is 0 Å². The Balaban J connectivity index is 1.73. The SMILES string of the molecule is CCC1OC(CC)C2C3OC(C4C(=O)OC(C)(C)C34)C12. The van der Waals surface area contributed by atoms with Gasteiger partial charge in [0.15, 0.2) is 0 Å². The van der Waals surface area contributed by atoms with Crippen LogP contribution in [0.3, 0.4) is 0 Å². The molecule has 0 spiro atoms. The molecule has 4 rings (SSSR count). The molecule has 0 amide bonds. The van der Waals surface area contributed by atoms with E-state index in [9.17, 15) is 4.79 Å². The number of carbonyl (C=O) groups excluding carboxylic acids is 1. The van der Waals surface area contributed by atoms with Gasteiger partial charge in [0.1, 0.15) is 5.60 Å². The van der Waals surface area contributed by atoms with Gasteiger partial charge in [-0.25, -0.2) is 0 Å².